The maximum absolute atomic E-state index is 7.45. The lowest BCUT2D eigenvalue weighted by Gasteiger charge is -1.92. The van der Waals surface area contributed by atoms with E-state index in [-0.39, 0.29) is 5.84 Å². The summed E-state index contributed by atoms with van der Waals surface area (Å²) in [6.07, 6.45) is 0. The van der Waals surface area contributed by atoms with E-state index in [0.717, 1.165) is 5.56 Å². The molecule has 0 unspecified atom stereocenters. The molecule has 0 aliphatic carbocycles. The molecule has 0 atom stereocenters. The summed E-state index contributed by atoms with van der Waals surface area (Å²) in [7, 11) is 1.77. The van der Waals surface area contributed by atoms with E-state index >= 15 is 0 Å². The Hall–Kier alpha value is -1.55. The highest BCUT2D eigenvalue weighted by Gasteiger charge is 1.96. The molecule has 0 aliphatic rings. The molecule has 0 aliphatic heterocycles. The minimum absolute atomic E-state index is 0.189. The number of amidine groups is 1. The molecule has 62 valence electrons. The van der Waals surface area contributed by atoms with Crippen LogP contribution in [0.4, 0.5) is 0 Å². The Morgan fingerprint density at radius 1 is 1.33 bits per heavy atom. The molecule has 0 saturated carbocycles. The second-order valence-corrected chi connectivity index (χ2v) is 2.19. The molecular weight excluding hydrogens is 152 g/mol. The molecule has 12 heavy (non-hydrogen) atoms. The third kappa shape index (κ3) is 2.25. The Labute approximate surface area is 70.8 Å². The van der Waals surface area contributed by atoms with E-state index < -0.39 is 0 Å². The topological polar surface area (TPSA) is 65.2 Å². The normalized spacial score (nSPS) is 10.4. The first-order valence-electron chi connectivity index (χ1n) is 3.67. The van der Waals surface area contributed by atoms with Crippen LogP contribution >= 0.6 is 0 Å². The monoisotopic (exact) mass is 163 g/mol. The number of rotatable bonds is 2. The summed E-state index contributed by atoms with van der Waals surface area (Å²) in [6.45, 7) is 0. The van der Waals surface area contributed by atoms with Gasteiger partial charge in [0.1, 0.15) is 0 Å². The van der Waals surface area contributed by atoms with Gasteiger partial charge in [0.05, 0.1) is 7.05 Å². The van der Waals surface area contributed by atoms with Gasteiger partial charge in [0.2, 0.25) is 0 Å². The van der Waals surface area contributed by atoms with Crippen molar-refractivity contribution in [2.45, 2.75) is 0 Å². The first kappa shape index (κ1) is 8.55. The number of nitrogens with zero attached hydrogens (tertiary/aromatic N) is 2. The Balaban J connectivity index is 2.72. The molecule has 0 radical (unpaired) electrons. The number of nitrogens with two attached hydrogens (primary N) is 1. The number of hydrogen-bond acceptors (Lipinski definition) is 2. The highest BCUT2D eigenvalue weighted by atomic mass is 15.4. The van der Waals surface area contributed by atoms with Crippen LogP contribution in [-0.2, 0) is 0 Å². The van der Waals surface area contributed by atoms with Gasteiger partial charge in [0, 0.05) is 10.8 Å². The number of nitrogens with one attached hydrogen (secondary N) is 1. The van der Waals surface area contributed by atoms with Crippen molar-refractivity contribution in [3.8, 4) is 0 Å². The predicted molar refractivity (Wildman–Crippen MR) is 46.0 cm³/mol. The van der Waals surface area contributed by atoms with Crippen LogP contribution in [0.1, 0.15) is 5.56 Å². The molecule has 0 spiro atoms. The van der Waals surface area contributed by atoms with Crippen molar-refractivity contribution >= 4 is 5.84 Å². The van der Waals surface area contributed by atoms with Gasteiger partial charge in [-0.3, -0.25) is 5.41 Å². The summed E-state index contributed by atoms with van der Waals surface area (Å²) < 4.78 is 0. The molecule has 0 fully saturated rings. The maximum atomic E-state index is 7.45. The van der Waals surface area contributed by atoms with E-state index in [2.05, 4.69) is 10.3 Å². The zero-order valence-corrected chi connectivity index (χ0v) is 6.86. The van der Waals surface area contributed by atoms with E-state index in [1.807, 2.05) is 30.3 Å². The molecule has 1 aromatic rings. The summed E-state index contributed by atoms with van der Waals surface area (Å²) in [5, 5.41) is 14.7. The zero-order valence-electron chi connectivity index (χ0n) is 6.86. The van der Waals surface area contributed by atoms with Crippen LogP contribution in [0.15, 0.2) is 40.7 Å². The second-order valence-electron chi connectivity index (χ2n) is 2.19. The molecule has 1 rings (SSSR count). The van der Waals surface area contributed by atoms with E-state index in [4.69, 9.17) is 5.41 Å². The molecule has 0 bridgehead atoms. The fraction of sp³-hybridized carbons (Fsp3) is 0.125. The summed E-state index contributed by atoms with van der Waals surface area (Å²) in [5.41, 5.74) is 2.33. The van der Waals surface area contributed by atoms with Gasteiger partial charge in [-0.1, -0.05) is 35.4 Å². The molecule has 3 N–H and O–H groups in total. The molecule has 4 heteroatoms. The Morgan fingerprint density at radius 2 is 2.00 bits per heavy atom. The standard InChI is InChI=1S/C8H10N4/c1-10-12-11-8(9)7-5-3-2-4-6-7/h2-6H,1H3,(H2,9,10,11)/p+1. The third-order valence-corrected chi connectivity index (χ3v) is 1.32. The summed E-state index contributed by atoms with van der Waals surface area (Å²) in [4.78, 5) is 0. The lowest BCUT2D eigenvalue weighted by molar-refractivity contribution is -0.640. The van der Waals surface area contributed by atoms with Gasteiger partial charge in [-0.2, -0.15) is 0 Å². The fourth-order valence-corrected chi connectivity index (χ4v) is 0.769. The first-order valence-corrected chi connectivity index (χ1v) is 3.67. The van der Waals surface area contributed by atoms with Crippen LogP contribution in [0.5, 0.6) is 0 Å². The van der Waals surface area contributed by atoms with Gasteiger partial charge in [0.15, 0.2) is 5.84 Å². The van der Waals surface area contributed by atoms with Gasteiger partial charge in [-0.25, -0.2) is 5.43 Å². The second kappa shape index (κ2) is 4.35. The van der Waals surface area contributed by atoms with Crippen LogP contribution < -0.4 is 5.43 Å². The van der Waals surface area contributed by atoms with E-state index in [0.29, 0.717) is 0 Å². The van der Waals surface area contributed by atoms with Gasteiger partial charge in [0.25, 0.3) is 0 Å². The summed E-state index contributed by atoms with van der Waals surface area (Å²) >= 11 is 0. The van der Waals surface area contributed by atoms with Gasteiger partial charge in [-0.05, 0) is 0 Å². The van der Waals surface area contributed by atoms with Crippen molar-refractivity contribution in [2.24, 2.45) is 10.3 Å². The third-order valence-electron chi connectivity index (χ3n) is 1.32. The van der Waals surface area contributed by atoms with E-state index in [1.165, 1.54) is 0 Å². The number of benzene rings is 1. The van der Waals surface area contributed by atoms with E-state index in [9.17, 15) is 0 Å². The zero-order chi connectivity index (χ0) is 8.81. The van der Waals surface area contributed by atoms with E-state index in [1.54, 1.807) is 12.5 Å². The van der Waals surface area contributed by atoms with Crippen LogP contribution in [-0.4, -0.2) is 12.9 Å². The SMILES string of the molecule is C[NH2+]N=NC(=N)c1ccccc1. The van der Waals surface area contributed by atoms with Gasteiger partial charge >= 0.3 is 0 Å². The maximum Gasteiger partial charge on any atom is 0.179 e. The first-order chi connectivity index (χ1) is 5.84. The molecule has 0 amide bonds. The van der Waals surface area contributed by atoms with Crippen LogP contribution in [0.2, 0.25) is 0 Å². The van der Waals surface area contributed by atoms with Crippen molar-refractivity contribution in [1.29, 1.82) is 5.41 Å². The van der Waals surface area contributed by atoms with Gasteiger partial charge in [-0.15, -0.1) is 0 Å². The van der Waals surface area contributed by atoms with Crippen LogP contribution in [0.25, 0.3) is 0 Å². The average molecular weight is 163 g/mol. The Morgan fingerprint density at radius 3 is 2.58 bits per heavy atom. The van der Waals surface area contributed by atoms with Crippen molar-refractivity contribution in [3.05, 3.63) is 35.9 Å². The largest absolute Gasteiger partial charge is 0.281 e. The molecule has 0 aromatic heterocycles. The lowest BCUT2D eigenvalue weighted by atomic mass is 10.2. The summed E-state index contributed by atoms with van der Waals surface area (Å²) in [6, 6.07) is 9.30. The highest BCUT2D eigenvalue weighted by molar-refractivity contribution is 5.96. The van der Waals surface area contributed by atoms with Crippen molar-refractivity contribution in [1.82, 2.24) is 0 Å². The molecule has 4 nitrogen and oxygen atoms in total. The van der Waals surface area contributed by atoms with Crippen LogP contribution in [0, 0.1) is 5.41 Å². The molecule has 0 saturated heterocycles. The number of quaternary nitrogens is 1. The predicted octanol–water partition coefficient (Wildman–Crippen LogP) is 0.572. The average Bonchev–Trinajstić information content (AvgIpc) is 2.15. The van der Waals surface area contributed by atoms with Crippen molar-refractivity contribution in [3.63, 3.8) is 0 Å². The lowest BCUT2D eigenvalue weighted by Crippen LogP contribution is -2.72. The number of hydrogen-bond donors (Lipinski definition) is 2. The molecule has 1 aromatic carbocycles. The summed E-state index contributed by atoms with van der Waals surface area (Å²) in [5.74, 6) is 0.189. The van der Waals surface area contributed by atoms with Crippen molar-refractivity contribution in [2.75, 3.05) is 7.05 Å². The fourth-order valence-electron chi connectivity index (χ4n) is 0.769. The molecule has 0 heterocycles. The Bertz CT molecular complexity index is 278. The smallest absolute Gasteiger partial charge is 0.179 e. The van der Waals surface area contributed by atoms with Crippen LogP contribution in [0.3, 0.4) is 0 Å². The van der Waals surface area contributed by atoms with Crippen molar-refractivity contribution < 1.29 is 5.43 Å². The quantitative estimate of drug-likeness (QED) is 0.210. The minimum atomic E-state index is 0.189. The minimum Gasteiger partial charge on any atom is -0.281 e. The highest BCUT2D eigenvalue weighted by Crippen LogP contribution is 1.99. The Kier molecular flexibility index (Phi) is 3.10. The molecular formula is C8H11N4+. The van der Waals surface area contributed by atoms with Gasteiger partial charge < -0.3 is 0 Å².